The van der Waals surface area contributed by atoms with E-state index in [9.17, 15) is 4.79 Å². The van der Waals surface area contributed by atoms with Crippen molar-refractivity contribution in [2.75, 3.05) is 0 Å². The quantitative estimate of drug-likeness (QED) is 0.739. The van der Waals surface area contributed by atoms with Gasteiger partial charge in [0.2, 0.25) is 0 Å². The predicted octanol–water partition coefficient (Wildman–Crippen LogP) is 2.61. The minimum atomic E-state index is 0.0277. The number of rotatable bonds is 3. The van der Waals surface area contributed by atoms with E-state index in [1.807, 2.05) is 43.6 Å². The summed E-state index contributed by atoms with van der Waals surface area (Å²) < 4.78 is 3.70. The Morgan fingerprint density at radius 3 is 2.67 bits per heavy atom. The van der Waals surface area contributed by atoms with Gasteiger partial charge in [-0.05, 0) is 18.6 Å². The van der Waals surface area contributed by atoms with Crippen LogP contribution in [0.2, 0.25) is 0 Å². The third-order valence-electron chi connectivity index (χ3n) is 3.53. The Hall–Kier alpha value is -2.62. The first-order valence-corrected chi connectivity index (χ1v) is 6.88. The van der Waals surface area contributed by atoms with Gasteiger partial charge in [-0.25, -0.2) is 4.98 Å². The van der Waals surface area contributed by atoms with Crippen LogP contribution in [0.5, 0.6) is 0 Å². The second kappa shape index (κ2) is 5.40. The maximum atomic E-state index is 11.8. The first-order chi connectivity index (χ1) is 10.1. The fraction of sp³-hybridized carbons (Fsp3) is 0.176. The van der Waals surface area contributed by atoms with Crippen molar-refractivity contribution in [1.29, 1.82) is 0 Å². The van der Waals surface area contributed by atoms with E-state index in [0.29, 0.717) is 0 Å². The van der Waals surface area contributed by atoms with E-state index in [-0.39, 0.29) is 5.56 Å². The van der Waals surface area contributed by atoms with E-state index in [1.54, 1.807) is 17.8 Å². The summed E-state index contributed by atoms with van der Waals surface area (Å²) in [5, 5.41) is 0. The van der Waals surface area contributed by atoms with E-state index < -0.39 is 0 Å². The maximum Gasteiger partial charge on any atom is 0.253 e. The summed E-state index contributed by atoms with van der Waals surface area (Å²) in [6.45, 7) is 2.59. The van der Waals surface area contributed by atoms with E-state index in [1.165, 1.54) is 5.56 Å². The van der Waals surface area contributed by atoms with Crippen molar-refractivity contribution in [3.05, 3.63) is 76.5 Å². The number of nitrogens with zero attached hydrogens (tertiary/aromatic N) is 3. The van der Waals surface area contributed by atoms with Gasteiger partial charge < -0.3 is 9.13 Å². The molecular formula is C17H17N3O. The molecule has 0 N–H and O–H groups in total. The normalized spacial score (nSPS) is 10.8. The van der Waals surface area contributed by atoms with Gasteiger partial charge in [0.1, 0.15) is 5.82 Å². The average Bonchev–Trinajstić information content (AvgIpc) is 2.93. The molecule has 0 aliphatic rings. The van der Waals surface area contributed by atoms with Crippen LogP contribution in [-0.2, 0) is 13.6 Å². The average molecular weight is 279 g/mol. The van der Waals surface area contributed by atoms with Gasteiger partial charge in [0.15, 0.2) is 0 Å². The van der Waals surface area contributed by atoms with E-state index in [0.717, 1.165) is 23.5 Å². The van der Waals surface area contributed by atoms with Crippen LogP contribution in [0.1, 0.15) is 11.1 Å². The lowest BCUT2D eigenvalue weighted by molar-refractivity contribution is 0.798. The summed E-state index contributed by atoms with van der Waals surface area (Å²) in [5.41, 5.74) is 2.93. The third-order valence-corrected chi connectivity index (χ3v) is 3.53. The summed E-state index contributed by atoms with van der Waals surface area (Å²) in [4.78, 5) is 16.2. The molecule has 21 heavy (non-hydrogen) atoms. The Bertz CT molecular complexity index is 789. The lowest BCUT2D eigenvalue weighted by Crippen LogP contribution is -2.18. The molecule has 0 amide bonds. The summed E-state index contributed by atoms with van der Waals surface area (Å²) in [7, 11) is 1.77. The summed E-state index contributed by atoms with van der Waals surface area (Å²) >= 11 is 0. The van der Waals surface area contributed by atoms with Gasteiger partial charge in [0.25, 0.3) is 5.56 Å². The zero-order valence-corrected chi connectivity index (χ0v) is 12.2. The molecule has 2 heterocycles. The second-order valence-corrected chi connectivity index (χ2v) is 5.19. The number of imidazole rings is 1. The molecule has 0 saturated heterocycles. The second-order valence-electron chi connectivity index (χ2n) is 5.19. The third kappa shape index (κ3) is 2.65. The highest BCUT2D eigenvalue weighted by Crippen LogP contribution is 2.18. The lowest BCUT2D eigenvalue weighted by Gasteiger charge is -2.10. The molecule has 0 atom stereocenters. The van der Waals surface area contributed by atoms with Crippen molar-refractivity contribution in [2.24, 2.45) is 7.05 Å². The smallest absolute Gasteiger partial charge is 0.253 e. The van der Waals surface area contributed by atoms with Gasteiger partial charge in [-0.3, -0.25) is 4.79 Å². The van der Waals surface area contributed by atoms with Gasteiger partial charge in [-0.1, -0.05) is 30.3 Å². The Morgan fingerprint density at radius 1 is 1.19 bits per heavy atom. The fourth-order valence-electron chi connectivity index (χ4n) is 2.48. The zero-order chi connectivity index (χ0) is 14.8. The van der Waals surface area contributed by atoms with Crippen molar-refractivity contribution < 1.29 is 0 Å². The van der Waals surface area contributed by atoms with Gasteiger partial charge in [0, 0.05) is 43.3 Å². The monoisotopic (exact) mass is 279 g/mol. The Morgan fingerprint density at radius 2 is 1.95 bits per heavy atom. The molecule has 4 heteroatoms. The molecular weight excluding hydrogens is 262 g/mol. The first-order valence-electron chi connectivity index (χ1n) is 6.88. The number of aryl methyl sites for hydroxylation is 2. The first kappa shape index (κ1) is 13.4. The van der Waals surface area contributed by atoms with Gasteiger partial charge in [-0.2, -0.15) is 0 Å². The zero-order valence-electron chi connectivity index (χ0n) is 12.2. The maximum absolute atomic E-state index is 11.8. The summed E-state index contributed by atoms with van der Waals surface area (Å²) in [5.74, 6) is 0.873. The summed E-state index contributed by atoms with van der Waals surface area (Å²) in [6.07, 6.45) is 5.58. The van der Waals surface area contributed by atoms with Crippen molar-refractivity contribution in [3.63, 3.8) is 0 Å². The van der Waals surface area contributed by atoms with Crippen LogP contribution in [0, 0.1) is 6.92 Å². The SMILES string of the molecule is Cc1cc(-c2nccn2Cc2ccccc2)cn(C)c1=O. The van der Waals surface area contributed by atoms with Crippen LogP contribution in [0.3, 0.4) is 0 Å². The Kier molecular flexibility index (Phi) is 3.44. The molecule has 2 aromatic heterocycles. The standard InChI is InChI=1S/C17H17N3O/c1-13-10-15(12-19(2)17(13)21)16-18-8-9-20(16)11-14-6-4-3-5-7-14/h3-10,12H,11H2,1-2H3. The molecule has 1 aromatic carbocycles. The minimum Gasteiger partial charge on any atom is -0.327 e. The largest absolute Gasteiger partial charge is 0.327 e. The molecule has 4 nitrogen and oxygen atoms in total. The van der Waals surface area contributed by atoms with Crippen LogP contribution in [0.25, 0.3) is 11.4 Å². The predicted molar refractivity (Wildman–Crippen MR) is 83.2 cm³/mol. The van der Waals surface area contributed by atoms with E-state index in [4.69, 9.17) is 0 Å². The van der Waals surface area contributed by atoms with Gasteiger partial charge in [0.05, 0.1) is 0 Å². The van der Waals surface area contributed by atoms with Crippen molar-refractivity contribution >= 4 is 0 Å². The topological polar surface area (TPSA) is 39.8 Å². The molecule has 0 spiro atoms. The van der Waals surface area contributed by atoms with Crippen molar-refractivity contribution in [3.8, 4) is 11.4 Å². The van der Waals surface area contributed by atoms with Crippen LogP contribution in [-0.4, -0.2) is 14.1 Å². The molecule has 0 saturated carbocycles. The molecule has 0 radical (unpaired) electrons. The molecule has 0 aliphatic carbocycles. The number of benzene rings is 1. The van der Waals surface area contributed by atoms with Crippen LogP contribution < -0.4 is 5.56 Å². The lowest BCUT2D eigenvalue weighted by atomic mass is 10.2. The molecule has 106 valence electrons. The highest BCUT2D eigenvalue weighted by molar-refractivity contribution is 5.55. The minimum absolute atomic E-state index is 0.0277. The number of aromatic nitrogens is 3. The highest BCUT2D eigenvalue weighted by Gasteiger charge is 2.09. The Labute approximate surface area is 123 Å². The Balaban J connectivity index is 2.01. The molecule has 0 bridgehead atoms. The highest BCUT2D eigenvalue weighted by atomic mass is 16.1. The fourth-order valence-corrected chi connectivity index (χ4v) is 2.48. The molecule has 0 unspecified atom stereocenters. The molecule has 0 aliphatic heterocycles. The van der Waals surface area contributed by atoms with Crippen molar-refractivity contribution in [2.45, 2.75) is 13.5 Å². The summed E-state index contributed by atoms with van der Waals surface area (Å²) in [6, 6.07) is 12.1. The number of hydrogen-bond donors (Lipinski definition) is 0. The molecule has 3 aromatic rings. The van der Waals surface area contributed by atoms with Gasteiger partial charge >= 0.3 is 0 Å². The van der Waals surface area contributed by atoms with E-state index >= 15 is 0 Å². The van der Waals surface area contributed by atoms with Crippen LogP contribution >= 0.6 is 0 Å². The number of hydrogen-bond acceptors (Lipinski definition) is 2. The molecule has 0 fully saturated rings. The van der Waals surface area contributed by atoms with Gasteiger partial charge in [-0.15, -0.1) is 0 Å². The number of pyridine rings is 1. The van der Waals surface area contributed by atoms with Crippen molar-refractivity contribution in [1.82, 2.24) is 14.1 Å². The van der Waals surface area contributed by atoms with E-state index in [2.05, 4.69) is 21.7 Å². The van der Waals surface area contributed by atoms with Crippen LogP contribution in [0.15, 0.2) is 59.8 Å². The van der Waals surface area contributed by atoms with Crippen LogP contribution in [0.4, 0.5) is 0 Å². The molecule has 3 rings (SSSR count).